The summed E-state index contributed by atoms with van der Waals surface area (Å²) in [5, 5.41) is 0. The third-order valence-electron chi connectivity index (χ3n) is 5.57. The molecule has 0 amide bonds. The van der Waals surface area contributed by atoms with Gasteiger partial charge in [-0.25, -0.2) is 0 Å². The zero-order valence-corrected chi connectivity index (χ0v) is 13.9. The highest BCUT2D eigenvalue weighted by Gasteiger charge is 2.61. The molecule has 3 saturated carbocycles. The van der Waals surface area contributed by atoms with Gasteiger partial charge in [0.15, 0.2) is 0 Å². The molecule has 5 heteroatoms. The lowest BCUT2D eigenvalue weighted by Gasteiger charge is -2.59. The van der Waals surface area contributed by atoms with E-state index in [0.717, 1.165) is 18.8 Å². The van der Waals surface area contributed by atoms with Crippen molar-refractivity contribution in [2.75, 3.05) is 0 Å². The van der Waals surface area contributed by atoms with Crippen LogP contribution < -0.4 is 5.73 Å². The Labute approximate surface area is 130 Å². The zero-order chi connectivity index (χ0) is 13.8. The second-order valence-corrected chi connectivity index (χ2v) is 7.73. The Kier molecular flexibility index (Phi) is 4.81. The molecule has 2 N–H and O–H groups in total. The maximum Gasteiger partial charge on any atom is 0.208 e. The predicted octanol–water partition coefficient (Wildman–Crippen LogP) is 2.58. The van der Waals surface area contributed by atoms with E-state index in [4.69, 9.17) is 15.2 Å². The van der Waals surface area contributed by atoms with Crippen LogP contribution in [-0.2, 0) is 9.47 Å². The van der Waals surface area contributed by atoms with Crippen LogP contribution in [0.5, 0.6) is 0 Å². The highest BCUT2D eigenvalue weighted by Crippen LogP contribution is 2.61. The fraction of sp³-hybridized carbons (Fsp3) is 1.00. The van der Waals surface area contributed by atoms with Crippen LogP contribution in [0, 0.1) is 23.2 Å². The standard InChI is InChI=1S/C15H27BNO2.ClH/c1-8(2)5-12(17)16-14-18-11-7-9-6-10(13(11)19-14)15(9,3)4;/h8-14H,5-7,17H2,1-4H3;1H/t9-,10+,11-,12+,13+,14+;/m1./s1. The minimum Gasteiger partial charge on any atom is -0.355 e. The van der Waals surface area contributed by atoms with Crippen LogP contribution in [-0.4, -0.2) is 31.6 Å². The lowest BCUT2D eigenvalue weighted by atomic mass is 9.47. The van der Waals surface area contributed by atoms with E-state index in [-0.39, 0.29) is 24.5 Å². The molecule has 20 heavy (non-hydrogen) atoms. The lowest BCUT2D eigenvalue weighted by molar-refractivity contribution is -0.152. The van der Waals surface area contributed by atoms with Gasteiger partial charge in [-0.2, -0.15) is 0 Å². The van der Waals surface area contributed by atoms with Gasteiger partial charge < -0.3 is 15.2 Å². The summed E-state index contributed by atoms with van der Waals surface area (Å²) in [6.45, 7) is 9.15. The molecule has 4 fully saturated rings. The maximum atomic E-state index is 6.15. The largest absolute Gasteiger partial charge is 0.355 e. The molecule has 0 spiro atoms. The second-order valence-electron chi connectivity index (χ2n) is 7.73. The maximum absolute atomic E-state index is 6.15. The van der Waals surface area contributed by atoms with Gasteiger partial charge in [0, 0.05) is 0 Å². The first-order valence-electron chi connectivity index (χ1n) is 7.79. The molecular formula is C15H28BClNO2. The number of hydrogen-bond acceptors (Lipinski definition) is 3. The summed E-state index contributed by atoms with van der Waals surface area (Å²) >= 11 is 0. The van der Waals surface area contributed by atoms with Crippen molar-refractivity contribution in [3.8, 4) is 0 Å². The van der Waals surface area contributed by atoms with E-state index in [1.807, 2.05) is 0 Å². The van der Waals surface area contributed by atoms with Crippen LogP contribution in [0.25, 0.3) is 0 Å². The highest BCUT2D eigenvalue weighted by atomic mass is 35.5. The first-order valence-corrected chi connectivity index (χ1v) is 7.79. The third-order valence-corrected chi connectivity index (χ3v) is 5.57. The normalized spacial score (nSPS) is 42.4. The monoisotopic (exact) mass is 300 g/mol. The van der Waals surface area contributed by atoms with Gasteiger partial charge in [0.1, 0.15) is 6.19 Å². The van der Waals surface area contributed by atoms with E-state index < -0.39 is 0 Å². The Morgan fingerprint density at radius 1 is 1.25 bits per heavy atom. The fourth-order valence-corrected chi connectivity index (χ4v) is 4.28. The highest BCUT2D eigenvalue weighted by molar-refractivity contribution is 6.38. The van der Waals surface area contributed by atoms with Crippen molar-refractivity contribution < 1.29 is 9.47 Å². The van der Waals surface area contributed by atoms with Crippen LogP contribution in [0.3, 0.4) is 0 Å². The molecule has 1 aliphatic heterocycles. The van der Waals surface area contributed by atoms with Crippen molar-refractivity contribution in [3.63, 3.8) is 0 Å². The van der Waals surface area contributed by atoms with E-state index in [1.54, 1.807) is 0 Å². The smallest absolute Gasteiger partial charge is 0.208 e. The number of ether oxygens (including phenoxy) is 2. The van der Waals surface area contributed by atoms with Crippen LogP contribution in [0.15, 0.2) is 0 Å². The van der Waals surface area contributed by atoms with Crippen LogP contribution >= 0.6 is 12.4 Å². The molecule has 2 bridgehead atoms. The van der Waals surface area contributed by atoms with E-state index in [2.05, 4.69) is 35.0 Å². The topological polar surface area (TPSA) is 44.5 Å². The van der Waals surface area contributed by atoms with Crippen molar-refractivity contribution in [3.05, 3.63) is 0 Å². The van der Waals surface area contributed by atoms with Crippen molar-refractivity contribution in [1.82, 2.24) is 0 Å². The number of nitrogens with two attached hydrogens (primary N) is 1. The molecule has 0 aromatic heterocycles. The number of rotatable bonds is 4. The average molecular weight is 301 g/mol. The predicted molar refractivity (Wildman–Crippen MR) is 84.0 cm³/mol. The Morgan fingerprint density at radius 3 is 2.55 bits per heavy atom. The number of halogens is 1. The second kappa shape index (κ2) is 5.79. The third kappa shape index (κ3) is 2.77. The molecule has 3 nitrogen and oxygen atoms in total. The molecule has 115 valence electrons. The summed E-state index contributed by atoms with van der Waals surface area (Å²) in [5.41, 5.74) is 6.57. The molecule has 0 unspecified atom stereocenters. The molecule has 4 aliphatic rings. The van der Waals surface area contributed by atoms with Gasteiger partial charge in [0.2, 0.25) is 7.28 Å². The first-order chi connectivity index (χ1) is 8.88. The van der Waals surface area contributed by atoms with Crippen LogP contribution in [0.2, 0.25) is 0 Å². The summed E-state index contributed by atoms with van der Waals surface area (Å²) < 4.78 is 12.2. The van der Waals surface area contributed by atoms with Gasteiger partial charge in [-0.15, -0.1) is 12.4 Å². The van der Waals surface area contributed by atoms with Gasteiger partial charge in [0.25, 0.3) is 0 Å². The van der Waals surface area contributed by atoms with Crippen molar-refractivity contribution in [2.45, 2.75) is 71.3 Å². The fourth-order valence-electron chi connectivity index (χ4n) is 4.28. The van der Waals surface area contributed by atoms with E-state index >= 15 is 0 Å². The van der Waals surface area contributed by atoms with Crippen molar-refractivity contribution in [2.24, 2.45) is 28.9 Å². The van der Waals surface area contributed by atoms with Gasteiger partial charge >= 0.3 is 0 Å². The van der Waals surface area contributed by atoms with Crippen molar-refractivity contribution in [1.29, 1.82) is 0 Å². The molecular weight excluding hydrogens is 272 g/mol. The minimum atomic E-state index is -0.182. The van der Waals surface area contributed by atoms with E-state index in [1.165, 1.54) is 6.42 Å². The van der Waals surface area contributed by atoms with Crippen LogP contribution in [0.4, 0.5) is 0 Å². The summed E-state index contributed by atoms with van der Waals surface area (Å²) in [5.74, 6) is 2.19. The lowest BCUT2D eigenvalue weighted by Crippen LogP contribution is -2.59. The zero-order valence-electron chi connectivity index (χ0n) is 13.0. The van der Waals surface area contributed by atoms with Crippen molar-refractivity contribution >= 4 is 19.7 Å². The SMILES string of the molecule is CC(C)C[C@H](N)[B][C@@H]1O[C@@H]2[C@@H](C[C@H]3C[C@@H]2C3(C)C)O1.Cl. The Morgan fingerprint density at radius 2 is 1.95 bits per heavy atom. The number of hydrogen-bond donors (Lipinski definition) is 1. The molecule has 4 rings (SSSR count). The van der Waals surface area contributed by atoms with E-state index in [9.17, 15) is 0 Å². The summed E-state index contributed by atoms with van der Waals surface area (Å²) in [6.07, 6.45) is 3.91. The van der Waals surface area contributed by atoms with Gasteiger partial charge in [-0.3, -0.25) is 0 Å². The van der Waals surface area contributed by atoms with Gasteiger partial charge in [-0.05, 0) is 48.4 Å². The van der Waals surface area contributed by atoms with Gasteiger partial charge in [0.05, 0.1) is 12.2 Å². The van der Waals surface area contributed by atoms with E-state index in [0.29, 0.717) is 29.5 Å². The molecule has 1 heterocycles. The molecule has 6 atom stereocenters. The summed E-state index contributed by atoms with van der Waals surface area (Å²) in [7, 11) is 2.06. The van der Waals surface area contributed by atoms with Crippen LogP contribution in [0.1, 0.15) is 47.0 Å². The summed E-state index contributed by atoms with van der Waals surface area (Å²) in [4.78, 5) is 0. The first kappa shape index (κ1) is 16.6. The molecule has 3 aliphatic carbocycles. The van der Waals surface area contributed by atoms with Gasteiger partial charge in [-0.1, -0.05) is 27.7 Å². The Balaban J connectivity index is 0.00000147. The Hall–Kier alpha value is 0.235. The molecule has 1 saturated heterocycles. The molecule has 1 radical (unpaired) electrons. The molecule has 0 aromatic carbocycles. The average Bonchev–Trinajstić information content (AvgIpc) is 2.68. The molecule has 0 aromatic rings. The summed E-state index contributed by atoms with van der Waals surface area (Å²) in [6, 6.07) is 0. The minimum absolute atomic E-state index is 0. The quantitative estimate of drug-likeness (QED) is 0.812. The Bertz CT molecular complexity index is 351.